The summed E-state index contributed by atoms with van der Waals surface area (Å²) in [6.07, 6.45) is 12.1. The second kappa shape index (κ2) is 3.86. The van der Waals surface area contributed by atoms with Crippen LogP contribution in [0.2, 0.25) is 0 Å². The third-order valence-electron chi connectivity index (χ3n) is 4.44. The highest BCUT2D eigenvalue weighted by molar-refractivity contribution is 5.67. The summed E-state index contributed by atoms with van der Waals surface area (Å²) in [5.41, 5.74) is 4.15. The molecule has 1 unspecified atom stereocenters. The molecule has 1 nitrogen and oxygen atoms in total. The minimum Gasteiger partial charge on any atom is -0.339 e. The summed E-state index contributed by atoms with van der Waals surface area (Å²) in [5.74, 6) is 0. The highest BCUT2D eigenvalue weighted by atomic mass is 15.0. The van der Waals surface area contributed by atoms with Gasteiger partial charge in [-0.05, 0) is 37.5 Å². The average Bonchev–Trinajstić information content (AvgIpc) is 2.58. The van der Waals surface area contributed by atoms with Crippen molar-refractivity contribution in [3.63, 3.8) is 0 Å². The summed E-state index contributed by atoms with van der Waals surface area (Å²) >= 11 is 0. The van der Waals surface area contributed by atoms with Gasteiger partial charge in [-0.1, -0.05) is 44.4 Å². The minimum atomic E-state index is 0.115. The zero-order chi connectivity index (χ0) is 13.8. The monoisotopic (exact) mass is 251 g/mol. The van der Waals surface area contributed by atoms with Crippen LogP contribution in [0.5, 0.6) is 0 Å². The Morgan fingerprint density at radius 3 is 2.63 bits per heavy atom. The first-order valence-corrected chi connectivity index (χ1v) is 6.93. The van der Waals surface area contributed by atoms with Crippen molar-refractivity contribution in [2.75, 3.05) is 0 Å². The van der Waals surface area contributed by atoms with Gasteiger partial charge in [0.15, 0.2) is 0 Å². The Labute approximate surface area is 115 Å². The molecule has 0 bridgehead atoms. The number of allylic oxidation sites excluding steroid dienone is 5. The number of fused-ring (bicyclic) bond motifs is 2. The molecular formula is C18H21N. The Bertz CT molecular complexity index is 725. The van der Waals surface area contributed by atoms with Crippen LogP contribution in [0.4, 0.5) is 0 Å². The van der Waals surface area contributed by atoms with Crippen LogP contribution in [0.25, 0.3) is 19.2 Å². The molecule has 2 aliphatic rings. The molecule has 1 atom stereocenters. The Kier molecular flexibility index (Phi) is 2.50. The van der Waals surface area contributed by atoms with Gasteiger partial charge in [0.2, 0.25) is 0 Å². The van der Waals surface area contributed by atoms with E-state index in [-0.39, 0.29) is 5.41 Å². The lowest BCUT2D eigenvalue weighted by atomic mass is 9.70. The van der Waals surface area contributed by atoms with Gasteiger partial charge in [0.1, 0.15) is 0 Å². The van der Waals surface area contributed by atoms with Gasteiger partial charge < -0.3 is 4.57 Å². The molecule has 0 radical (unpaired) electrons. The summed E-state index contributed by atoms with van der Waals surface area (Å²) in [5, 5.41) is 2.24. The van der Waals surface area contributed by atoms with Crippen molar-refractivity contribution < 1.29 is 0 Å². The Morgan fingerprint density at radius 2 is 1.95 bits per heavy atom. The van der Waals surface area contributed by atoms with Gasteiger partial charge in [0.05, 0.1) is 0 Å². The normalized spacial score (nSPS) is 24.3. The van der Waals surface area contributed by atoms with Gasteiger partial charge in [-0.2, -0.15) is 0 Å². The third kappa shape index (κ3) is 1.61. The smallest absolute Gasteiger partial charge is 0.0417 e. The van der Waals surface area contributed by atoms with E-state index in [4.69, 9.17) is 0 Å². The van der Waals surface area contributed by atoms with E-state index in [9.17, 15) is 0 Å². The van der Waals surface area contributed by atoms with Gasteiger partial charge in [-0.15, -0.1) is 0 Å². The van der Waals surface area contributed by atoms with E-state index >= 15 is 0 Å². The zero-order valence-electron chi connectivity index (χ0n) is 12.0. The highest BCUT2D eigenvalue weighted by Gasteiger charge is 2.32. The highest BCUT2D eigenvalue weighted by Crippen LogP contribution is 2.40. The third-order valence-corrected chi connectivity index (χ3v) is 4.44. The van der Waals surface area contributed by atoms with Gasteiger partial charge in [-0.25, -0.2) is 0 Å². The molecule has 0 N–H and O–H groups in total. The van der Waals surface area contributed by atoms with Crippen molar-refractivity contribution >= 4 is 19.2 Å². The van der Waals surface area contributed by atoms with Crippen LogP contribution >= 0.6 is 0 Å². The molecule has 0 aromatic carbocycles. The fraction of sp³-hybridized carbons (Fsp3) is 0.333. The van der Waals surface area contributed by atoms with Crippen LogP contribution in [-0.4, -0.2) is 4.57 Å². The molecule has 0 spiro atoms. The fourth-order valence-corrected chi connectivity index (χ4v) is 3.37. The number of rotatable bonds is 1. The van der Waals surface area contributed by atoms with E-state index in [1.807, 2.05) is 0 Å². The van der Waals surface area contributed by atoms with Crippen LogP contribution in [0.3, 0.4) is 0 Å². The summed E-state index contributed by atoms with van der Waals surface area (Å²) in [6, 6.07) is 0.407. The summed E-state index contributed by atoms with van der Waals surface area (Å²) in [4.78, 5) is 0. The van der Waals surface area contributed by atoms with E-state index in [0.717, 1.165) is 17.1 Å². The Balaban J connectivity index is 2.30. The van der Waals surface area contributed by atoms with E-state index in [2.05, 4.69) is 68.9 Å². The number of hydrogen-bond acceptors (Lipinski definition) is 0. The lowest BCUT2D eigenvalue weighted by molar-refractivity contribution is 0.512. The first-order valence-electron chi connectivity index (χ1n) is 6.93. The van der Waals surface area contributed by atoms with Gasteiger partial charge in [0, 0.05) is 27.7 Å². The molecule has 3 rings (SSSR count). The second-order valence-corrected chi connectivity index (χ2v) is 6.16. The SMILES string of the molecule is C=c1c2c(c(=C)n1C(C)C)CC1(C)C=CC=CC1=C2. The van der Waals surface area contributed by atoms with E-state index in [1.165, 1.54) is 16.7 Å². The average molecular weight is 251 g/mol. The molecule has 0 aliphatic heterocycles. The van der Waals surface area contributed by atoms with Gasteiger partial charge in [0.25, 0.3) is 0 Å². The quantitative estimate of drug-likeness (QED) is 0.723. The molecule has 1 heterocycles. The number of nitrogens with zero attached hydrogens (tertiary/aromatic N) is 1. The van der Waals surface area contributed by atoms with E-state index in [1.54, 1.807) is 0 Å². The maximum Gasteiger partial charge on any atom is 0.0417 e. The van der Waals surface area contributed by atoms with Crippen molar-refractivity contribution in [2.24, 2.45) is 5.41 Å². The summed E-state index contributed by atoms with van der Waals surface area (Å²) in [6.45, 7) is 15.3. The van der Waals surface area contributed by atoms with E-state index < -0.39 is 0 Å². The van der Waals surface area contributed by atoms with Crippen LogP contribution in [0, 0.1) is 5.41 Å². The van der Waals surface area contributed by atoms with E-state index in [0.29, 0.717) is 6.04 Å². The topological polar surface area (TPSA) is 4.93 Å². The molecule has 0 amide bonds. The number of hydrogen-bond donors (Lipinski definition) is 0. The molecule has 0 saturated heterocycles. The van der Waals surface area contributed by atoms with Crippen molar-refractivity contribution in [1.82, 2.24) is 4.57 Å². The van der Waals surface area contributed by atoms with Gasteiger partial charge >= 0.3 is 0 Å². The molecule has 2 aliphatic carbocycles. The second-order valence-electron chi connectivity index (χ2n) is 6.16. The molecular weight excluding hydrogens is 230 g/mol. The summed E-state index contributed by atoms with van der Waals surface area (Å²) in [7, 11) is 0. The molecule has 1 aromatic heterocycles. The van der Waals surface area contributed by atoms with Crippen molar-refractivity contribution in [1.29, 1.82) is 0 Å². The van der Waals surface area contributed by atoms with Crippen molar-refractivity contribution in [2.45, 2.75) is 33.2 Å². The van der Waals surface area contributed by atoms with Crippen LogP contribution in [-0.2, 0) is 6.42 Å². The molecule has 1 aromatic rings. The lowest BCUT2D eigenvalue weighted by Gasteiger charge is -2.33. The molecule has 19 heavy (non-hydrogen) atoms. The Hall–Kier alpha value is -1.76. The zero-order valence-corrected chi connectivity index (χ0v) is 12.0. The molecule has 0 fully saturated rings. The van der Waals surface area contributed by atoms with Gasteiger partial charge in [-0.3, -0.25) is 0 Å². The number of aromatic nitrogens is 1. The predicted octanol–water partition coefficient (Wildman–Crippen LogP) is 2.96. The predicted molar refractivity (Wildman–Crippen MR) is 83.2 cm³/mol. The van der Waals surface area contributed by atoms with Crippen molar-refractivity contribution in [3.8, 4) is 0 Å². The van der Waals surface area contributed by atoms with Crippen LogP contribution < -0.4 is 10.7 Å². The minimum absolute atomic E-state index is 0.115. The Morgan fingerprint density at radius 1 is 1.21 bits per heavy atom. The maximum atomic E-state index is 4.30. The fourth-order valence-electron chi connectivity index (χ4n) is 3.37. The largest absolute Gasteiger partial charge is 0.339 e. The van der Waals surface area contributed by atoms with Crippen LogP contribution in [0.1, 0.15) is 37.9 Å². The summed E-state index contributed by atoms with van der Waals surface area (Å²) < 4.78 is 2.26. The lowest BCUT2D eigenvalue weighted by Crippen LogP contribution is -2.29. The van der Waals surface area contributed by atoms with Crippen molar-refractivity contribution in [3.05, 3.63) is 51.7 Å². The standard InChI is InChI=1S/C18H21N/c1-12(2)19-13(3)16-10-15-8-6-7-9-18(15,5)11-17(16)14(19)4/h6-10,12H,3-4,11H2,1-2,5H3. The first kappa shape index (κ1) is 12.3. The first-order chi connectivity index (χ1) is 8.94. The molecule has 1 heteroatoms. The van der Waals surface area contributed by atoms with Crippen LogP contribution in [0.15, 0.2) is 29.9 Å². The molecule has 0 saturated carbocycles. The molecule has 98 valence electrons. The maximum absolute atomic E-state index is 4.30.